The molecule has 0 atom stereocenters. The summed E-state index contributed by atoms with van der Waals surface area (Å²) in [5.41, 5.74) is 1.17. The summed E-state index contributed by atoms with van der Waals surface area (Å²) in [6, 6.07) is 13.9. The second-order valence-corrected chi connectivity index (χ2v) is 8.84. The van der Waals surface area contributed by atoms with Gasteiger partial charge in [0, 0.05) is 37.2 Å². The Labute approximate surface area is 162 Å². The van der Waals surface area contributed by atoms with E-state index in [0.717, 1.165) is 9.87 Å². The van der Waals surface area contributed by atoms with Gasteiger partial charge in [0.2, 0.25) is 10.0 Å². The number of rotatable bonds is 7. The molecule has 0 saturated heterocycles. The molecule has 0 aromatic heterocycles. The molecular formula is C18H21BrN2O4S. The monoisotopic (exact) mass is 440 g/mol. The number of amides is 1. The Hall–Kier alpha value is -1.74. The van der Waals surface area contributed by atoms with Gasteiger partial charge in [-0.1, -0.05) is 30.3 Å². The lowest BCUT2D eigenvalue weighted by molar-refractivity contribution is 0.0707. The predicted molar refractivity (Wildman–Crippen MR) is 103 cm³/mol. The number of benzene rings is 2. The van der Waals surface area contributed by atoms with Crippen molar-refractivity contribution in [3.05, 3.63) is 64.1 Å². The van der Waals surface area contributed by atoms with E-state index < -0.39 is 10.0 Å². The first kappa shape index (κ1) is 20.6. The Balaban J connectivity index is 2.37. The van der Waals surface area contributed by atoms with Crippen molar-refractivity contribution in [3.63, 3.8) is 0 Å². The summed E-state index contributed by atoms with van der Waals surface area (Å²) in [5.74, 6) is -0.342. The fourth-order valence-electron chi connectivity index (χ4n) is 2.39. The van der Waals surface area contributed by atoms with Gasteiger partial charge in [-0.15, -0.1) is 0 Å². The van der Waals surface area contributed by atoms with Gasteiger partial charge in [-0.05, 0) is 39.7 Å². The van der Waals surface area contributed by atoms with Crippen molar-refractivity contribution in [3.8, 4) is 0 Å². The standard InChI is InChI=1S/C18H21BrN2O4S/c1-20(2)26(24,25)17-12-15(8-9-16(17)19)18(23)21(10-11-22)13-14-6-4-3-5-7-14/h3-9,12,22H,10-11,13H2,1-2H3. The maximum Gasteiger partial charge on any atom is 0.254 e. The molecule has 1 amide bonds. The highest BCUT2D eigenvalue weighted by Gasteiger charge is 2.24. The van der Waals surface area contributed by atoms with Crippen molar-refractivity contribution >= 4 is 31.9 Å². The minimum absolute atomic E-state index is 0.0250. The quantitative estimate of drug-likeness (QED) is 0.716. The Morgan fingerprint density at radius 1 is 1.12 bits per heavy atom. The van der Waals surface area contributed by atoms with Gasteiger partial charge in [0.15, 0.2) is 0 Å². The van der Waals surface area contributed by atoms with Crippen LogP contribution in [0.2, 0.25) is 0 Å². The number of carbonyl (C=O) groups is 1. The SMILES string of the molecule is CN(C)S(=O)(=O)c1cc(C(=O)N(CCO)Cc2ccccc2)ccc1Br. The van der Waals surface area contributed by atoms with Crippen molar-refractivity contribution in [1.29, 1.82) is 0 Å². The largest absolute Gasteiger partial charge is 0.395 e. The summed E-state index contributed by atoms with van der Waals surface area (Å²) in [5, 5.41) is 9.31. The Morgan fingerprint density at radius 2 is 1.77 bits per heavy atom. The average molecular weight is 441 g/mol. The fourth-order valence-corrected chi connectivity index (χ4v) is 4.23. The number of aliphatic hydroxyl groups is 1. The molecule has 0 aliphatic carbocycles. The zero-order valence-corrected chi connectivity index (χ0v) is 17.0. The zero-order chi connectivity index (χ0) is 19.3. The molecule has 2 rings (SSSR count). The highest BCUT2D eigenvalue weighted by atomic mass is 79.9. The molecule has 8 heteroatoms. The molecule has 2 aromatic rings. The van der Waals surface area contributed by atoms with Crippen molar-refractivity contribution in [2.45, 2.75) is 11.4 Å². The van der Waals surface area contributed by atoms with Crippen LogP contribution < -0.4 is 0 Å². The third-order valence-corrected chi connectivity index (χ3v) is 6.62. The van der Waals surface area contributed by atoms with E-state index in [2.05, 4.69) is 15.9 Å². The van der Waals surface area contributed by atoms with Gasteiger partial charge in [0.1, 0.15) is 0 Å². The first-order valence-electron chi connectivity index (χ1n) is 7.93. The van der Waals surface area contributed by atoms with Crippen LogP contribution in [0.5, 0.6) is 0 Å². The topological polar surface area (TPSA) is 77.9 Å². The highest BCUT2D eigenvalue weighted by molar-refractivity contribution is 9.10. The molecule has 0 unspecified atom stereocenters. The van der Waals surface area contributed by atoms with E-state index in [4.69, 9.17) is 0 Å². The van der Waals surface area contributed by atoms with Crippen LogP contribution in [0.4, 0.5) is 0 Å². The number of halogens is 1. The number of hydrogen-bond donors (Lipinski definition) is 1. The van der Waals surface area contributed by atoms with Crippen LogP contribution in [-0.4, -0.2) is 55.9 Å². The maximum absolute atomic E-state index is 12.9. The summed E-state index contributed by atoms with van der Waals surface area (Å²) in [4.78, 5) is 14.4. The molecule has 0 fully saturated rings. The van der Waals surface area contributed by atoms with Crippen LogP contribution in [0.25, 0.3) is 0 Å². The van der Waals surface area contributed by atoms with Gasteiger partial charge in [-0.3, -0.25) is 4.79 Å². The van der Waals surface area contributed by atoms with E-state index in [1.807, 2.05) is 30.3 Å². The summed E-state index contributed by atoms with van der Waals surface area (Å²) in [6.07, 6.45) is 0. The second-order valence-electron chi connectivity index (χ2n) is 5.87. The van der Waals surface area contributed by atoms with Crippen LogP contribution >= 0.6 is 15.9 Å². The third kappa shape index (κ3) is 4.70. The maximum atomic E-state index is 12.9. The molecular weight excluding hydrogens is 420 g/mol. The molecule has 0 aliphatic heterocycles. The average Bonchev–Trinajstić information content (AvgIpc) is 2.61. The first-order chi connectivity index (χ1) is 12.3. The molecule has 0 heterocycles. The van der Waals surface area contributed by atoms with E-state index in [0.29, 0.717) is 11.0 Å². The van der Waals surface area contributed by atoms with E-state index in [-0.39, 0.29) is 29.5 Å². The van der Waals surface area contributed by atoms with Crippen LogP contribution in [0.1, 0.15) is 15.9 Å². The van der Waals surface area contributed by atoms with E-state index in [1.54, 1.807) is 12.1 Å². The summed E-state index contributed by atoms with van der Waals surface area (Å²) in [7, 11) is -0.826. The molecule has 6 nitrogen and oxygen atoms in total. The van der Waals surface area contributed by atoms with Crippen LogP contribution in [0, 0.1) is 0 Å². The van der Waals surface area contributed by atoms with E-state index >= 15 is 0 Å². The Kier molecular flexibility index (Phi) is 6.94. The van der Waals surface area contributed by atoms with Gasteiger partial charge >= 0.3 is 0 Å². The lowest BCUT2D eigenvalue weighted by Crippen LogP contribution is -2.33. The van der Waals surface area contributed by atoms with Crippen molar-refractivity contribution in [2.24, 2.45) is 0 Å². The summed E-state index contributed by atoms with van der Waals surface area (Å²) < 4.78 is 26.4. The molecule has 2 aromatic carbocycles. The number of nitrogens with zero attached hydrogens (tertiary/aromatic N) is 2. The lowest BCUT2D eigenvalue weighted by atomic mass is 10.1. The minimum atomic E-state index is -3.69. The molecule has 0 saturated carbocycles. The number of aliphatic hydroxyl groups excluding tert-OH is 1. The van der Waals surface area contributed by atoms with Crippen molar-refractivity contribution in [1.82, 2.24) is 9.21 Å². The minimum Gasteiger partial charge on any atom is -0.395 e. The number of sulfonamides is 1. The van der Waals surface area contributed by atoms with E-state index in [1.165, 1.54) is 25.1 Å². The Bertz CT molecular complexity index is 870. The molecule has 0 aliphatic rings. The summed E-state index contributed by atoms with van der Waals surface area (Å²) in [6.45, 7) is 0.295. The number of carbonyl (C=O) groups excluding carboxylic acids is 1. The normalized spacial score (nSPS) is 11.6. The Morgan fingerprint density at radius 3 is 2.35 bits per heavy atom. The van der Waals surface area contributed by atoms with Gasteiger partial charge in [-0.25, -0.2) is 12.7 Å². The molecule has 0 spiro atoms. The van der Waals surface area contributed by atoms with Crippen LogP contribution in [0.15, 0.2) is 57.9 Å². The van der Waals surface area contributed by atoms with Crippen molar-refractivity contribution < 1.29 is 18.3 Å². The van der Waals surface area contributed by atoms with Gasteiger partial charge < -0.3 is 10.0 Å². The summed E-state index contributed by atoms with van der Waals surface area (Å²) >= 11 is 3.23. The van der Waals surface area contributed by atoms with Crippen LogP contribution in [0.3, 0.4) is 0 Å². The molecule has 26 heavy (non-hydrogen) atoms. The lowest BCUT2D eigenvalue weighted by Gasteiger charge is -2.22. The second kappa shape index (κ2) is 8.77. The smallest absolute Gasteiger partial charge is 0.254 e. The molecule has 1 N–H and O–H groups in total. The van der Waals surface area contributed by atoms with Gasteiger partial charge in [0.05, 0.1) is 11.5 Å². The van der Waals surface area contributed by atoms with Gasteiger partial charge in [-0.2, -0.15) is 0 Å². The zero-order valence-electron chi connectivity index (χ0n) is 14.6. The third-order valence-electron chi connectivity index (χ3n) is 3.81. The number of hydrogen-bond acceptors (Lipinski definition) is 4. The van der Waals surface area contributed by atoms with E-state index in [9.17, 15) is 18.3 Å². The highest BCUT2D eigenvalue weighted by Crippen LogP contribution is 2.26. The molecule has 0 radical (unpaired) electrons. The van der Waals surface area contributed by atoms with Crippen LogP contribution in [-0.2, 0) is 16.6 Å². The molecule has 140 valence electrons. The fraction of sp³-hybridized carbons (Fsp3) is 0.278. The first-order valence-corrected chi connectivity index (χ1v) is 10.2. The molecule has 0 bridgehead atoms. The predicted octanol–water partition coefficient (Wildman–Crippen LogP) is 2.33. The van der Waals surface area contributed by atoms with Gasteiger partial charge in [0.25, 0.3) is 5.91 Å². The van der Waals surface area contributed by atoms with Crippen molar-refractivity contribution in [2.75, 3.05) is 27.2 Å².